The predicted molar refractivity (Wildman–Crippen MR) is 112 cm³/mol. The smallest absolute Gasteiger partial charge is 0.0183 e. The van der Waals surface area contributed by atoms with E-state index in [9.17, 15) is 0 Å². The zero-order valence-corrected chi connectivity index (χ0v) is 17.6. The summed E-state index contributed by atoms with van der Waals surface area (Å²) in [5, 5.41) is 0. The molecule has 2 saturated carbocycles. The summed E-state index contributed by atoms with van der Waals surface area (Å²) in [6.07, 6.45) is 25.8. The first-order chi connectivity index (χ1) is 11.6. The molecular formula is C23H44S. The van der Waals surface area contributed by atoms with Crippen LogP contribution in [0.1, 0.15) is 129 Å². The van der Waals surface area contributed by atoms with E-state index in [-0.39, 0.29) is 4.75 Å². The van der Waals surface area contributed by atoms with E-state index in [4.69, 9.17) is 12.6 Å². The van der Waals surface area contributed by atoms with E-state index in [1.807, 2.05) is 0 Å². The van der Waals surface area contributed by atoms with Gasteiger partial charge in [-0.25, -0.2) is 0 Å². The Balaban J connectivity index is 2.04. The summed E-state index contributed by atoms with van der Waals surface area (Å²) in [6, 6.07) is 0. The lowest BCUT2D eigenvalue weighted by atomic mass is 9.65. The lowest BCUT2D eigenvalue weighted by molar-refractivity contribution is 0.142. The van der Waals surface area contributed by atoms with Crippen LogP contribution < -0.4 is 0 Å². The molecule has 0 bridgehead atoms. The van der Waals surface area contributed by atoms with Gasteiger partial charge in [0.15, 0.2) is 0 Å². The highest BCUT2D eigenvalue weighted by Gasteiger charge is 2.43. The zero-order valence-electron chi connectivity index (χ0n) is 16.8. The highest BCUT2D eigenvalue weighted by Crippen LogP contribution is 2.51. The Hall–Kier alpha value is 0.350. The van der Waals surface area contributed by atoms with Gasteiger partial charge in [-0.3, -0.25) is 0 Å². The first-order valence-corrected chi connectivity index (χ1v) is 11.7. The molecule has 0 aromatic heterocycles. The molecule has 2 aliphatic carbocycles. The summed E-state index contributed by atoms with van der Waals surface area (Å²) in [5.74, 6) is 0.925. The Bertz CT molecular complexity index is 329. The van der Waals surface area contributed by atoms with Gasteiger partial charge < -0.3 is 0 Å². The number of thiol groups is 1. The van der Waals surface area contributed by atoms with Crippen LogP contribution in [-0.4, -0.2) is 4.75 Å². The van der Waals surface area contributed by atoms with Gasteiger partial charge in [0.25, 0.3) is 0 Å². The lowest BCUT2D eigenvalue weighted by Crippen LogP contribution is -2.42. The molecule has 2 rings (SSSR count). The van der Waals surface area contributed by atoms with Crippen LogP contribution in [0.15, 0.2) is 0 Å². The van der Waals surface area contributed by atoms with Gasteiger partial charge in [-0.15, -0.1) is 0 Å². The molecule has 0 aromatic carbocycles. The van der Waals surface area contributed by atoms with Crippen molar-refractivity contribution in [2.24, 2.45) is 11.3 Å². The summed E-state index contributed by atoms with van der Waals surface area (Å²) in [5.41, 5.74) is 0.472. The van der Waals surface area contributed by atoms with Crippen molar-refractivity contribution in [2.75, 3.05) is 0 Å². The Morgan fingerprint density at radius 3 is 1.62 bits per heavy atom. The average Bonchev–Trinajstić information content (AvgIpc) is 2.54. The van der Waals surface area contributed by atoms with Crippen LogP contribution in [0, 0.1) is 11.3 Å². The van der Waals surface area contributed by atoms with Crippen molar-refractivity contribution in [1.82, 2.24) is 0 Å². The largest absolute Gasteiger partial charge is 0.172 e. The van der Waals surface area contributed by atoms with Gasteiger partial charge in [0.05, 0.1) is 0 Å². The van der Waals surface area contributed by atoms with E-state index in [0.29, 0.717) is 5.41 Å². The van der Waals surface area contributed by atoms with E-state index >= 15 is 0 Å². The molecule has 0 amide bonds. The van der Waals surface area contributed by atoms with E-state index in [2.05, 4.69) is 13.8 Å². The summed E-state index contributed by atoms with van der Waals surface area (Å²) in [6.45, 7) is 5.09. The molecule has 0 nitrogen and oxygen atoms in total. The fourth-order valence-electron chi connectivity index (χ4n) is 5.38. The van der Waals surface area contributed by atoms with Crippen molar-refractivity contribution in [3.05, 3.63) is 0 Å². The number of hydrogen-bond donors (Lipinski definition) is 1. The molecule has 1 heteroatoms. The van der Waals surface area contributed by atoms with Crippen molar-refractivity contribution in [2.45, 2.75) is 134 Å². The van der Waals surface area contributed by atoms with Gasteiger partial charge in [0.2, 0.25) is 0 Å². The summed E-state index contributed by atoms with van der Waals surface area (Å²) in [7, 11) is 0. The van der Waals surface area contributed by atoms with Gasteiger partial charge in [-0.05, 0) is 37.0 Å². The second kappa shape index (κ2) is 10.5. The number of hydrogen-bond acceptors (Lipinski definition) is 1. The van der Waals surface area contributed by atoms with E-state index in [0.717, 1.165) is 5.92 Å². The molecule has 0 saturated heterocycles. The normalized spacial score (nSPS) is 34.9. The Morgan fingerprint density at radius 2 is 1.00 bits per heavy atom. The van der Waals surface area contributed by atoms with Crippen molar-refractivity contribution >= 4 is 12.6 Å². The van der Waals surface area contributed by atoms with Crippen molar-refractivity contribution in [1.29, 1.82) is 0 Å². The predicted octanol–water partition coefficient (Wildman–Crippen LogP) is 8.35. The van der Waals surface area contributed by atoms with Gasteiger partial charge in [0, 0.05) is 4.75 Å². The molecular weight excluding hydrogens is 308 g/mol. The molecule has 0 spiro atoms. The molecule has 2 unspecified atom stereocenters. The highest BCUT2D eigenvalue weighted by molar-refractivity contribution is 7.81. The van der Waals surface area contributed by atoms with Gasteiger partial charge in [-0.2, -0.15) is 12.6 Å². The second-order valence-electron chi connectivity index (χ2n) is 9.52. The minimum atomic E-state index is 0.290. The van der Waals surface area contributed by atoms with Crippen LogP contribution in [-0.2, 0) is 0 Å². The topological polar surface area (TPSA) is 0 Å². The maximum Gasteiger partial charge on any atom is 0.0183 e. The third kappa shape index (κ3) is 6.26. The Labute approximate surface area is 158 Å². The highest BCUT2D eigenvalue weighted by atomic mass is 32.1. The molecule has 0 N–H and O–H groups in total. The number of rotatable bonds is 1. The van der Waals surface area contributed by atoms with E-state index in [1.54, 1.807) is 0 Å². The second-order valence-corrected chi connectivity index (χ2v) is 10.4. The van der Waals surface area contributed by atoms with Crippen molar-refractivity contribution in [3.63, 3.8) is 0 Å². The molecule has 0 heterocycles. The van der Waals surface area contributed by atoms with Crippen LogP contribution >= 0.6 is 12.6 Å². The standard InChI is InChI=1S/C23H44S/c1-21-15-10-6-3-4-9-13-19-23(24,20-14-16-21)22(2)17-11-7-5-8-12-18-22/h21,24H,3-20H2,1-2H3. The molecule has 0 aromatic rings. The minimum absolute atomic E-state index is 0.290. The molecule has 0 radical (unpaired) electrons. The first-order valence-electron chi connectivity index (χ1n) is 11.3. The maximum absolute atomic E-state index is 5.48. The molecule has 24 heavy (non-hydrogen) atoms. The molecule has 2 aliphatic rings. The maximum atomic E-state index is 5.48. The fourth-order valence-corrected chi connectivity index (χ4v) is 5.92. The summed E-state index contributed by atoms with van der Waals surface area (Å²) >= 11 is 5.48. The van der Waals surface area contributed by atoms with Crippen LogP contribution in [0.25, 0.3) is 0 Å². The monoisotopic (exact) mass is 352 g/mol. The third-order valence-electron chi connectivity index (χ3n) is 7.41. The van der Waals surface area contributed by atoms with Crippen LogP contribution in [0.4, 0.5) is 0 Å². The van der Waals surface area contributed by atoms with Gasteiger partial charge in [0.1, 0.15) is 0 Å². The van der Waals surface area contributed by atoms with E-state index < -0.39 is 0 Å². The summed E-state index contributed by atoms with van der Waals surface area (Å²) < 4.78 is 0.290. The van der Waals surface area contributed by atoms with E-state index in [1.165, 1.54) is 116 Å². The fraction of sp³-hybridized carbons (Fsp3) is 1.00. The average molecular weight is 353 g/mol. The van der Waals surface area contributed by atoms with Crippen molar-refractivity contribution in [3.8, 4) is 0 Å². The summed E-state index contributed by atoms with van der Waals surface area (Å²) in [4.78, 5) is 0. The Kier molecular flexibility index (Phi) is 9.03. The van der Waals surface area contributed by atoms with Crippen molar-refractivity contribution < 1.29 is 0 Å². The van der Waals surface area contributed by atoms with Crippen LogP contribution in [0.5, 0.6) is 0 Å². The minimum Gasteiger partial charge on any atom is -0.172 e. The molecule has 2 atom stereocenters. The van der Waals surface area contributed by atoms with Gasteiger partial charge >= 0.3 is 0 Å². The quantitative estimate of drug-likeness (QED) is 0.450. The van der Waals surface area contributed by atoms with Crippen LogP contribution in [0.2, 0.25) is 0 Å². The lowest BCUT2D eigenvalue weighted by Gasteiger charge is -2.48. The first kappa shape index (κ1) is 20.7. The molecule has 0 aliphatic heterocycles. The van der Waals surface area contributed by atoms with Gasteiger partial charge in [-0.1, -0.05) is 104 Å². The SMILES string of the molecule is CC1CCCCCCCCC(S)(C2(C)CCCCCCC2)CCC1. The molecule has 2 fully saturated rings. The Morgan fingerprint density at radius 1 is 0.583 bits per heavy atom. The molecule has 142 valence electrons. The zero-order chi connectivity index (χ0) is 17.3. The van der Waals surface area contributed by atoms with Crippen LogP contribution in [0.3, 0.4) is 0 Å². The third-order valence-corrected chi connectivity index (χ3v) is 8.39.